The molecule has 1 rings (SSSR count). The number of likely N-dealkylation sites (tertiary alicyclic amines) is 1. The number of amides is 1. The molecule has 1 saturated heterocycles. The summed E-state index contributed by atoms with van der Waals surface area (Å²) < 4.78 is 0. The average Bonchev–Trinajstić information content (AvgIpc) is 2.27. The van der Waals surface area contributed by atoms with Crippen LogP contribution in [0, 0.1) is 0 Å². The monoisotopic (exact) mass is 228 g/mol. The summed E-state index contributed by atoms with van der Waals surface area (Å²) in [5.74, 6) is -1.15. The first-order valence-corrected chi connectivity index (χ1v) is 5.88. The SMILES string of the molecule is CCC(NC(=O)CN1CCCCC1)C(=O)O. The molecule has 1 aliphatic rings. The average molecular weight is 228 g/mol. The molecule has 0 bridgehead atoms. The Morgan fingerprint density at radius 1 is 1.31 bits per heavy atom. The van der Waals surface area contributed by atoms with E-state index in [1.807, 2.05) is 0 Å². The van der Waals surface area contributed by atoms with Crippen molar-refractivity contribution in [1.29, 1.82) is 0 Å². The minimum absolute atomic E-state index is 0.184. The second-order valence-corrected chi connectivity index (χ2v) is 4.20. The van der Waals surface area contributed by atoms with E-state index in [2.05, 4.69) is 10.2 Å². The first kappa shape index (κ1) is 13.0. The summed E-state index contributed by atoms with van der Waals surface area (Å²) >= 11 is 0. The Labute approximate surface area is 95.8 Å². The van der Waals surface area contributed by atoms with Gasteiger partial charge in [0, 0.05) is 0 Å². The van der Waals surface area contributed by atoms with Crippen molar-refractivity contribution < 1.29 is 14.7 Å². The minimum atomic E-state index is -0.963. The van der Waals surface area contributed by atoms with E-state index in [0.29, 0.717) is 13.0 Å². The third-order valence-electron chi connectivity index (χ3n) is 2.86. The lowest BCUT2D eigenvalue weighted by Crippen LogP contribution is -2.46. The fourth-order valence-corrected chi connectivity index (χ4v) is 1.90. The molecule has 5 nitrogen and oxygen atoms in total. The van der Waals surface area contributed by atoms with E-state index in [4.69, 9.17) is 5.11 Å². The number of nitrogens with one attached hydrogen (secondary N) is 1. The van der Waals surface area contributed by atoms with Crippen LogP contribution < -0.4 is 5.32 Å². The van der Waals surface area contributed by atoms with Gasteiger partial charge in [-0.05, 0) is 32.4 Å². The van der Waals surface area contributed by atoms with Gasteiger partial charge in [0.2, 0.25) is 5.91 Å². The normalized spacial score (nSPS) is 19.1. The lowest BCUT2D eigenvalue weighted by Gasteiger charge is -2.26. The van der Waals surface area contributed by atoms with Gasteiger partial charge >= 0.3 is 5.97 Å². The number of hydrogen-bond donors (Lipinski definition) is 2. The van der Waals surface area contributed by atoms with Crippen molar-refractivity contribution in [3.05, 3.63) is 0 Å². The summed E-state index contributed by atoms with van der Waals surface area (Å²) in [5, 5.41) is 11.3. The first-order valence-electron chi connectivity index (χ1n) is 5.88. The molecule has 0 radical (unpaired) electrons. The van der Waals surface area contributed by atoms with Gasteiger partial charge in [-0.15, -0.1) is 0 Å². The van der Waals surface area contributed by atoms with Gasteiger partial charge in [-0.3, -0.25) is 9.69 Å². The van der Waals surface area contributed by atoms with Crippen LogP contribution in [0.1, 0.15) is 32.6 Å². The van der Waals surface area contributed by atoms with Crippen molar-refractivity contribution in [2.75, 3.05) is 19.6 Å². The molecule has 0 saturated carbocycles. The highest BCUT2D eigenvalue weighted by molar-refractivity contribution is 5.84. The van der Waals surface area contributed by atoms with Gasteiger partial charge in [-0.25, -0.2) is 4.79 Å². The number of hydrogen-bond acceptors (Lipinski definition) is 3. The maximum absolute atomic E-state index is 11.6. The van der Waals surface area contributed by atoms with Gasteiger partial charge in [0.05, 0.1) is 6.54 Å². The van der Waals surface area contributed by atoms with E-state index in [9.17, 15) is 9.59 Å². The third kappa shape index (κ3) is 4.18. The van der Waals surface area contributed by atoms with Gasteiger partial charge in [0.1, 0.15) is 6.04 Å². The molecule has 1 amide bonds. The molecule has 5 heteroatoms. The molecule has 2 N–H and O–H groups in total. The molecule has 1 fully saturated rings. The highest BCUT2D eigenvalue weighted by Gasteiger charge is 2.19. The fourth-order valence-electron chi connectivity index (χ4n) is 1.90. The summed E-state index contributed by atoms with van der Waals surface area (Å²) in [5.41, 5.74) is 0. The van der Waals surface area contributed by atoms with Crippen LogP contribution in [0.15, 0.2) is 0 Å². The molecule has 0 aromatic heterocycles. The Hall–Kier alpha value is -1.10. The summed E-state index contributed by atoms with van der Waals surface area (Å²) in [6.07, 6.45) is 3.90. The van der Waals surface area contributed by atoms with Crippen LogP contribution in [-0.2, 0) is 9.59 Å². The highest BCUT2D eigenvalue weighted by Crippen LogP contribution is 2.07. The highest BCUT2D eigenvalue weighted by atomic mass is 16.4. The lowest BCUT2D eigenvalue weighted by atomic mass is 10.1. The van der Waals surface area contributed by atoms with E-state index in [1.54, 1.807) is 6.92 Å². The van der Waals surface area contributed by atoms with Crippen LogP contribution in [0.25, 0.3) is 0 Å². The molecule has 1 heterocycles. The first-order chi connectivity index (χ1) is 7.63. The van der Waals surface area contributed by atoms with Crippen molar-refractivity contribution in [1.82, 2.24) is 10.2 Å². The molecule has 1 aliphatic heterocycles. The molecule has 1 atom stereocenters. The number of carbonyl (C=O) groups excluding carboxylic acids is 1. The van der Waals surface area contributed by atoms with Crippen LogP contribution in [-0.4, -0.2) is 47.6 Å². The van der Waals surface area contributed by atoms with Crippen molar-refractivity contribution in [2.24, 2.45) is 0 Å². The van der Waals surface area contributed by atoms with E-state index < -0.39 is 12.0 Å². The quantitative estimate of drug-likeness (QED) is 0.717. The number of carbonyl (C=O) groups is 2. The molecule has 16 heavy (non-hydrogen) atoms. The van der Waals surface area contributed by atoms with E-state index in [0.717, 1.165) is 25.9 Å². The zero-order valence-electron chi connectivity index (χ0n) is 9.74. The van der Waals surface area contributed by atoms with Gasteiger partial charge in [0.15, 0.2) is 0 Å². The number of piperidine rings is 1. The summed E-state index contributed by atoms with van der Waals surface area (Å²) in [7, 11) is 0. The number of carboxylic acid groups (broad SMARTS) is 1. The van der Waals surface area contributed by atoms with Crippen molar-refractivity contribution >= 4 is 11.9 Å². The smallest absolute Gasteiger partial charge is 0.326 e. The predicted molar refractivity (Wildman–Crippen MR) is 60.1 cm³/mol. The summed E-state index contributed by atoms with van der Waals surface area (Å²) in [6, 6.07) is -0.753. The molecular weight excluding hydrogens is 208 g/mol. The molecule has 0 aromatic rings. The maximum atomic E-state index is 11.6. The minimum Gasteiger partial charge on any atom is -0.480 e. The van der Waals surface area contributed by atoms with Crippen molar-refractivity contribution in [2.45, 2.75) is 38.6 Å². The number of rotatable bonds is 5. The Morgan fingerprint density at radius 2 is 1.94 bits per heavy atom. The topological polar surface area (TPSA) is 69.6 Å². The van der Waals surface area contributed by atoms with Gasteiger partial charge in [-0.2, -0.15) is 0 Å². The van der Waals surface area contributed by atoms with E-state index >= 15 is 0 Å². The number of carboxylic acids is 1. The largest absolute Gasteiger partial charge is 0.480 e. The van der Waals surface area contributed by atoms with Crippen LogP contribution in [0.4, 0.5) is 0 Å². The fraction of sp³-hybridized carbons (Fsp3) is 0.818. The Bertz CT molecular complexity index is 250. The lowest BCUT2D eigenvalue weighted by molar-refractivity contribution is -0.142. The van der Waals surface area contributed by atoms with Gasteiger partial charge < -0.3 is 10.4 Å². The van der Waals surface area contributed by atoms with Crippen molar-refractivity contribution in [3.63, 3.8) is 0 Å². The maximum Gasteiger partial charge on any atom is 0.326 e. The second-order valence-electron chi connectivity index (χ2n) is 4.20. The van der Waals surface area contributed by atoms with Gasteiger partial charge in [-0.1, -0.05) is 13.3 Å². The van der Waals surface area contributed by atoms with Gasteiger partial charge in [0.25, 0.3) is 0 Å². The molecule has 0 spiro atoms. The van der Waals surface area contributed by atoms with Crippen LogP contribution in [0.2, 0.25) is 0 Å². The summed E-state index contributed by atoms with van der Waals surface area (Å²) in [4.78, 5) is 24.4. The molecular formula is C11H20N2O3. The van der Waals surface area contributed by atoms with E-state index in [1.165, 1.54) is 6.42 Å². The Balaban J connectivity index is 2.31. The Morgan fingerprint density at radius 3 is 2.44 bits per heavy atom. The van der Waals surface area contributed by atoms with E-state index in [-0.39, 0.29) is 5.91 Å². The van der Waals surface area contributed by atoms with Crippen molar-refractivity contribution in [3.8, 4) is 0 Å². The van der Waals surface area contributed by atoms with Crippen LogP contribution in [0.3, 0.4) is 0 Å². The zero-order valence-corrected chi connectivity index (χ0v) is 9.74. The van der Waals surface area contributed by atoms with Crippen LogP contribution in [0.5, 0.6) is 0 Å². The Kier molecular flexibility index (Phi) is 5.25. The zero-order chi connectivity index (χ0) is 12.0. The third-order valence-corrected chi connectivity index (χ3v) is 2.86. The molecule has 92 valence electrons. The second kappa shape index (κ2) is 6.48. The summed E-state index contributed by atoms with van der Waals surface area (Å²) in [6.45, 7) is 3.96. The standard InChI is InChI=1S/C11H20N2O3/c1-2-9(11(15)16)12-10(14)8-13-6-4-3-5-7-13/h9H,2-8H2,1H3,(H,12,14)(H,15,16). The van der Waals surface area contributed by atoms with Crippen LogP contribution >= 0.6 is 0 Å². The number of nitrogens with zero attached hydrogens (tertiary/aromatic N) is 1. The number of aliphatic carboxylic acids is 1. The predicted octanol–water partition coefficient (Wildman–Crippen LogP) is 0.452. The molecule has 0 aromatic carbocycles. The molecule has 1 unspecified atom stereocenters. The molecule has 0 aliphatic carbocycles.